The third kappa shape index (κ3) is 3.91. The Morgan fingerprint density at radius 2 is 2.00 bits per heavy atom. The van der Waals surface area contributed by atoms with Crippen molar-refractivity contribution in [3.05, 3.63) is 24.3 Å². The van der Waals surface area contributed by atoms with Gasteiger partial charge >= 0.3 is 0 Å². The average Bonchev–Trinajstić information content (AvgIpc) is 2.94. The van der Waals surface area contributed by atoms with Gasteiger partial charge in [-0.25, -0.2) is 0 Å². The Bertz CT molecular complexity index is 554. The van der Waals surface area contributed by atoms with Crippen molar-refractivity contribution < 1.29 is 9.59 Å². The number of amides is 2. The summed E-state index contributed by atoms with van der Waals surface area (Å²) in [7, 11) is 0. The number of nitrogens with zero attached hydrogens (tertiary/aromatic N) is 2. The number of hydrogen-bond donors (Lipinski definition) is 1. The van der Waals surface area contributed by atoms with Crippen LogP contribution in [0.4, 0.5) is 11.4 Å². The third-order valence-electron chi connectivity index (χ3n) is 4.42. The number of anilines is 2. The molecule has 5 nitrogen and oxygen atoms in total. The van der Waals surface area contributed by atoms with Gasteiger partial charge in [-0.1, -0.05) is 13.8 Å². The van der Waals surface area contributed by atoms with E-state index in [0.29, 0.717) is 25.9 Å². The Balaban J connectivity index is 2.15. The summed E-state index contributed by atoms with van der Waals surface area (Å²) in [5.41, 5.74) is 7.69. The number of rotatable bonds is 6. The van der Waals surface area contributed by atoms with E-state index in [0.717, 1.165) is 17.8 Å². The summed E-state index contributed by atoms with van der Waals surface area (Å²) in [6, 6.07) is 7.70. The minimum atomic E-state index is 0.0189. The van der Waals surface area contributed by atoms with Crippen LogP contribution >= 0.6 is 0 Å². The maximum Gasteiger partial charge on any atom is 0.227 e. The Morgan fingerprint density at radius 1 is 1.35 bits per heavy atom. The monoisotopic (exact) mass is 317 g/mol. The van der Waals surface area contributed by atoms with Gasteiger partial charge in [-0.2, -0.15) is 0 Å². The first-order valence-corrected chi connectivity index (χ1v) is 8.44. The maximum absolute atomic E-state index is 12.2. The van der Waals surface area contributed by atoms with Gasteiger partial charge in [-0.05, 0) is 37.6 Å². The molecule has 0 bridgehead atoms. The lowest BCUT2D eigenvalue weighted by atomic mass is 10.0. The lowest BCUT2D eigenvalue weighted by Gasteiger charge is -2.23. The maximum atomic E-state index is 12.2. The fourth-order valence-corrected chi connectivity index (χ4v) is 2.96. The van der Waals surface area contributed by atoms with E-state index in [9.17, 15) is 9.59 Å². The number of carbonyl (C=O) groups is 2. The smallest absolute Gasteiger partial charge is 0.227 e. The van der Waals surface area contributed by atoms with Gasteiger partial charge in [0.15, 0.2) is 0 Å². The molecule has 1 aliphatic rings. The van der Waals surface area contributed by atoms with Gasteiger partial charge in [0, 0.05) is 49.3 Å². The van der Waals surface area contributed by atoms with Crippen LogP contribution in [0.5, 0.6) is 0 Å². The average molecular weight is 317 g/mol. The molecule has 1 fully saturated rings. The molecule has 0 aromatic heterocycles. The van der Waals surface area contributed by atoms with E-state index < -0.39 is 0 Å². The number of hydrogen-bond acceptors (Lipinski definition) is 3. The highest BCUT2D eigenvalue weighted by Gasteiger charge is 2.32. The zero-order valence-corrected chi connectivity index (χ0v) is 14.3. The zero-order valence-electron chi connectivity index (χ0n) is 14.3. The van der Waals surface area contributed by atoms with Gasteiger partial charge in [0.05, 0.1) is 0 Å². The predicted octanol–water partition coefficient (Wildman–Crippen LogP) is 2.54. The molecule has 2 rings (SSSR count). The molecule has 23 heavy (non-hydrogen) atoms. The lowest BCUT2D eigenvalue weighted by Crippen LogP contribution is -2.31. The molecule has 2 amide bonds. The van der Waals surface area contributed by atoms with Crippen molar-refractivity contribution in [2.75, 3.05) is 22.9 Å². The van der Waals surface area contributed by atoms with Crippen molar-refractivity contribution in [1.82, 2.24) is 0 Å². The fourth-order valence-electron chi connectivity index (χ4n) is 2.96. The Kier molecular flexibility index (Phi) is 5.77. The van der Waals surface area contributed by atoms with Gasteiger partial charge in [-0.3, -0.25) is 9.59 Å². The van der Waals surface area contributed by atoms with Gasteiger partial charge in [0.1, 0.15) is 0 Å². The Labute approximate surface area is 138 Å². The molecule has 0 saturated carbocycles. The van der Waals surface area contributed by atoms with Crippen LogP contribution < -0.4 is 15.5 Å². The van der Waals surface area contributed by atoms with Gasteiger partial charge in [-0.15, -0.1) is 0 Å². The molecule has 5 heteroatoms. The van der Waals surface area contributed by atoms with Crippen molar-refractivity contribution in [3.63, 3.8) is 0 Å². The van der Waals surface area contributed by atoms with Crippen molar-refractivity contribution in [1.29, 1.82) is 0 Å². The largest absolute Gasteiger partial charge is 0.328 e. The molecule has 2 atom stereocenters. The molecule has 1 aliphatic heterocycles. The van der Waals surface area contributed by atoms with Crippen LogP contribution in [0.1, 0.15) is 40.0 Å². The summed E-state index contributed by atoms with van der Waals surface area (Å²) >= 11 is 0. The second-order valence-corrected chi connectivity index (χ2v) is 6.24. The Hall–Kier alpha value is -1.88. The summed E-state index contributed by atoms with van der Waals surface area (Å²) in [6.45, 7) is 7.26. The topological polar surface area (TPSA) is 66.6 Å². The van der Waals surface area contributed by atoms with Gasteiger partial charge in [0.25, 0.3) is 0 Å². The summed E-state index contributed by atoms with van der Waals surface area (Å²) in [5.74, 6) is 0.449. The molecule has 1 aromatic rings. The van der Waals surface area contributed by atoms with Crippen LogP contribution in [0.2, 0.25) is 0 Å². The molecule has 1 aromatic carbocycles. The third-order valence-corrected chi connectivity index (χ3v) is 4.42. The van der Waals surface area contributed by atoms with E-state index in [1.54, 1.807) is 9.80 Å². The van der Waals surface area contributed by atoms with Crippen LogP contribution in [-0.4, -0.2) is 30.9 Å². The first-order valence-electron chi connectivity index (χ1n) is 8.44. The fraction of sp³-hybridized carbons (Fsp3) is 0.556. The molecule has 1 saturated heterocycles. The second-order valence-electron chi connectivity index (χ2n) is 6.24. The molecule has 1 heterocycles. The normalized spacial score (nSPS) is 19.0. The summed E-state index contributed by atoms with van der Waals surface area (Å²) in [6.07, 6.45) is 1.91. The predicted molar refractivity (Wildman–Crippen MR) is 93.5 cm³/mol. The number of nitrogens with two attached hydrogens (primary N) is 1. The summed E-state index contributed by atoms with van der Waals surface area (Å²) in [5, 5.41) is 0. The van der Waals surface area contributed by atoms with Gasteiger partial charge in [0.2, 0.25) is 11.8 Å². The molecule has 0 aliphatic carbocycles. The molecular formula is C18H27N3O2. The van der Waals surface area contributed by atoms with E-state index >= 15 is 0 Å². The van der Waals surface area contributed by atoms with Crippen LogP contribution in [0.15, 0.2) is 24.3 Å². The first-order chi connectivity index (χ1) is 11.0. The number of carbonyl (C=O) groups excluding carboxylic acids is 2. The van der Waals surface area contributed by atoms with E-state index in [1.807, 2.05) is 38.1 Å². The minimum absolute atomic E-state index is 0.0189. The van der Waals surface area contributed by atoms with Crippen molar-refractivity contribution in [2.24, 2.45) is 11.7 Å². The molecule has 0 radical (unpaired) electrons. The van der Waals surface area contributed by atoms with Crippen molar-refractivity contribution >= 4 is 23.2 Å². The highest BCUT2D eigenvalue weighted by molar-refractivity contribution is 5.97. The van der Waals surface area contributed by atoms with Crippen molar-refractivity contribution in [3.8, 4) is 0 Å². The van der Waals surface area contributed by atoms with E-state index in [1.165, 1.54) is 0 Å². The molecule has 0 spiro atoms. The molecule has 2 N–H and O–H groups in total. The number of benzene rings is 1. The Morgan fingerprint density at radius 3 is 2.48 bits per heavy atom. The van der Waals surface area contributed by atoms with Crippen molar-refractivity contribution in [2.45, 2.75) is 46.1 Å². The highest BCUT2D eigenvalue weighted by atomic mass is 16.2. The van der Waals surface area contributed by atoms with Crippen LogP contribution in [0, 0.1) is 5.92 Å². The van der Waals surface area contributed by atoms with Crippen LogP contribution in [0.25, 0.3) is 0 Å². The highest BCUT2D eigenvalue weighted by Crippen LogP contribution is 2.28. The van der Waals surface area contributed by atoms with Crippen LogP contribution in [-0.2, 0) is 9.59 Å². The van der Waals surface area contributed by atoms with E-state index in [-0.39, 0.29) is 23.8 Å². The standard InChI is InChI=1S/C18H27N3O2/c1-4-10-20(17(22)5-2)15-6-8-16(9-7-15)21-12-14(13(3)19)11-18(21)23/h6-9,13-14H,4-5,10-12,19H2,1-3H3/t13-,14?/m0/s1. The van der Waals surface area contributed by atoms with E-state index in [4.69, 9.17) is 5.73 Å². The van der Waals surface area contributed by atoms with Crippen LogP contribution in [0.3, 0.4) is 0 Å². The molecular weight excluding hydrogens is 290 g/mol. The first kappa shape index (κ1) is 17.5. The zero-order chi connectivity index (χ0) is 17.0. The SMILES string of the molecule is CCCN(C(=O)CC)c1ccc(N2CC([C@H](C)N)CC2=O)cc1. The second kappa shape index (κ2) is 7.59. The van der Waals surface area contributed by atoms with Gasteiger partial charge < -0.3 is 15.5 Å². The molecule has 1 unspecified atom stereocenters. The van der Waals surface area contributed by atoms with E-state index in [2.05, 4.69) is 6.92 Å². The summed E-state index contributed by atoms with van der Waals surface area (Å²) < 4.78 is 0. The minimum Gasteiger partial charge on any atom is -0.328 e. The quantitative estimate of drug-likeness (QED) is 0.877. The lowest BCUT2D eigenvalue weighted by molar-refractivity contribution is -0.118. The molecule has 126 valence electrons. The summed E-state index contributed by atoms with van der Waals surface area (Å²) in [4.78, 5) is 27.8.